The van der Waals surface area contributed by atoms with E-state index in [-0.39, 0.29) is 6.10 Å². The first-order chi connectivity index (χ1) is 10.7. The van der Waals surface area contributed by atoms with Crippen LogP contribution in [0, 0.1) is 0 Å². The molecule has 3 nitrogen and oxygen atoms in total. The summed E-state index contributed by atoms with van der Waals surface area (Å²) in [5.41, 5.74) is 2.20. The van der Waals surface area contributed by atoms with Crippen molar-refractivity contribution in [3.05, 3.63) is 54.1 Å². The van der Waals surface area contributed by atoms with Gasteiger partial charge >= 0.3 is 0 Å². The molecule has 0 fully saturated rings. The highest BCUT2D eigenvalue weighted by molar-refractivity contribution is 5.49. The van der Waals surface area contributed by atoms with Crippen LogP contribution in [0.2, 0.25) is 0 Å². The summed E-state index contributed by atoms with van der Waals surface area (Å²) in [5, 5.41) is 3.43. The van der Waals surface area contributed by atoms with Crippen molar-refractivity contribution in [3.8, 4) is 11.5 Å². The second-order valence-electron chi connectivity index (χ2n) is 5.50. The summed E-state index contributed by atoms with van der Waals surface area (Å²) in [6, 6.07) is 16.2. The fraction of sp³-hybridized carbons (Fsp3) is 0.368. The van der Waals surface area contributed by atoms with Crippen molar-refractivity contribution in [2.24, 2.45) is 0 Å². The van der Waals surface area contributed by atoms with E-state index in [0.29, 0.717) is 0 Å². The van der Waals surface area contributed by atoms with Gasteiger partial charge < -0.3 is 14.8 Å². The van der Waals surface area contributed by atoms with Crippen LogP contribution in [0.3, 0.4) is 0 Å². The molecule has 1 N–H and O–H groups in total. The van der Waals surface area contributed by atoms with Gasteiger partial charge in [-0.1, -0.05) is 31.2 Å². The van der Waals surface area contributed by atoms with Gasteiger partial charge in [0.2, 0.25) is 0 Å². The van der Waals surface area contributed by atoms with Crippen LogP contribution in [-0.2, 0) is 6.54 Å². The van der Waals surface area contributed by atoms with Gasteiger partial charge in [-0.05, 0) is 38.5 Å². The molecule has 0 atom stereocenters. The smallest absolute Gasteiger partial charge is 0.124 e. The van der Waals surface area contributed by atoms with Crippen molar-refractivity contribution < 1.29 is 9.47 Å². The van der Waals surface area contributed by atoms with Crippen LogP contribution in [0.25, 0.3) is 0 Å². The molecule has 3 heteroatoms. The molecule has 0 aliphatic rings. The minimum Gasteiger partial charge on any atom is -0.494 e. The van der Waals surface area contributed by atoms with E-state index in [4.69, 9.17) is 9.47 Å². The highest BCUT2D eigenvalue weighted by atomic mass is 16.5. The van der Waals surface area contributed by atoms with Crippen molar-refractivity contribution in [2.75, 3.05) is 11.9 Å². The van der Waals surface area contributed by atoms with Crippen LogP contribution >= 0.6 is 0 Å². The minimum atomic E-state index is 0.173. The molecule has 0 aromatic heterocycles. The summed E-state index contributed by atoms with van der Waals surface area (Å²) in [6.45, 7) is 7.65. The number of anilines is 1. The van der Waals surface area contributed by atoms with Crippen LogP contribution in [0.5, 0.6) is 11.5 Å². The van der Waals surface area contributed by atoms with Gasteiger partial charge in [-0.2, -0.15) is 0 Å². The van der Waals surface area contributed by atoms with Crippen molar-refractivity contribution >= 4 is 5.69 Å². The Labute approximate surface area is 133 Å². The molecule has 0 aliphatic heterocycles. The van der Waals surface area contributed by atoms with Gasteiger partial charge in [0.05, 0.1) is 12.7 Å². The maximum Gasteiger partial charge on any atom is 0.124 e. The highest BCUT2D eigenvalue weighted by Gasteiger charge is 2.05. The number of ether oxygens (including phenoxy) is 2. The van der Waals surface area contributed by atoms with Crippen LogP contribution in [0.1, 0.15) is 32.8 Å². The van der Waals surface area contributed by atoms with Gasteiger partial charge in [-0.15, -0.1) is 0 Å². The largest absolute Gasteiger partial charge is 0.494 e. The third-order valence-electron chi connectivity index (χ3n) is 3.13. The summed E-state index contributed by atoms with van der Waals surface area (Å²) < 4.78 is 11.5. The Kier molecular flexibility index (Phi) is 6.13. The molecule has 0 bridgehead atoms. The summed E-state index contributed by atoms with van der Waals surface area (Å²) in [5.74, 6) is 1.84. The van der Waals surface area contributed by atoms with Gasteiger partial charge in [0, 0.05) is 23.9 Å². The predicted octanol–water partition coefficient (Wildman–Crippen LogP) is 4.87. The van der Waals surface area contributed by atoms with Crippen LogP contribution in [0.4, 0.5) is 5.69 Å². The first-order valence-corrected chi connectivity index (χ1v) is 7.90. The maximum atomic E-state index is 5.85. The maximum absolute atomic E-state index is 5.85. The van der Waals surface area contributed by atoms with Crippen LogP contribution < -0.4 is 14.8 Å². The molecule has 2 aromatic carbocycles. The molecular formula is C19H25NO2. The van der Waals surface area contributed by atoms with Gasteiger partial charge in [0.25, 0.3) is 0 Å². The fourth-order valence-electron chi connectivity index (χ4n) is 2.13. The Bertz CT molecular complexity index is 581. The molecule has 0 spiro atoms. The number of benzene rings is 2. The first-order valence-electron chi connectivity index (χ1n) is 7.90. The predicted molar refractivity (Wildman–Crippen MR) is 91.8 cm³/mol. The second-order valence-corrected chi connectivity index (χ2v) is 5.50. The van der Waals surface area contributed by atoms with Crippen molar-refractivity contribution in [2.45, 2.75) is 39.8 Å². The zero-order valence-electron chi connectivity index (χ0n) is 13.6. The molecular weight excluding hydrogens is 274 g/mol. The monoisotopic (exact) mass is 299 g/mol. The number of para-hydroxylation sites is 1. The molecule has 118 valence electrons. The molecule has 0 heterocycles. The van der Waals surface area contributed by atoms with Crippen molar-refractivity contribution in [1.29, 1.82) is 0 Å². The van der Waals surface area contributed by atoms with E-state index in [1.807, 2.05) is 56.3 Å². The number of hydrogen-bond acceptors (Lipinski definition) is 3. The highest BCUT2D eigenvalue weighted by Crippen LogP contribution is 2.22. The Balaban J connectivity index is 2.01. The summed E-state index contributed by atoms with van der Waals surface area (Å²) in [4.78, 5) is 0. The third kappa shape index (κ3) is 4.99. The van der Waals surface area contributed by atoms with Gasteiger partial charge in [-0.25, -0.2) is 0 Å². The quantitative estimate of drug-likeness (QED) is 0.754. The Hall–Kier alpha value is -2.16. The molecule has 0 aliphatic carbocycles. The van der Waals surface area contributed by atoms with E-state index in [1.54, 1.807) is 0 Å². The molecule has 0 saturated carbocycles. The Morgan fingerprint density at radius 1 is 1.05 bits per heavy atom. The molecule has 2 rings (SSSR count). The van der Waals surface area contributed by atoms with Crippen molar-refractivity contribution in [3.63, 3.8) is 0 Å². The molecule has 22 heavy (non-hydrogen) atoms. The van der Waals surface area contributed by atoms with Gasteiger partial charge in [0.15, 0.2) is 0 Å². The average molecular weight is 299 g/mol. The fourth-order valence-corrected chi connectivity index (χ4v) is 2.13. The minimum absolute atomic E-state index is 0.173. The number of rotatable bonds is 8. The number of hydrogen-bond donors (Lipinski definition) is 1. The van der Waals surface area contributed by atoms with E-state index in [9.17, 15) is 0 Å². The standard InChI is InChI=1S/C19H25NO2/c1-4-12-21-18-10-7-9-17(13-18)20-14-16-8-5-6-11-19(16)22-15(2)3/h5-11,13,15,20H,4,12,14H2,1-3H3. The molecule has 0 saturated heterocycles. The van der Waals surface area contributed by atoms with Crippen LogP contribution in [-0.4, -0.2) is 12.7 Å². The molecule has 2 aromatic rings. The van der Waals surface area contributed by atoms with E-state index >= 15 is 0 Å². The molecule has 0 unspecified atom stereocenters. The third-order valence-corrected chi connectivity index (χ3v) is 3.13. The SMILES string of the molecule is CCCOc1cccc(NCc2ccccc2OC(C)C)c1. The zero-order valence-corrected chi connectivity index (χ0v) is 13.6. The van der Waals surface area contributed by atoms with Gasteiger partial charge in [0.1, 0.15) is 11.5 Å². The van der Waals surface area contributed by atoms with E-state index in [1.165, 1.54) is 0 Å². The zero-order chi connectivity index (χ0) is 15.8. The lowest BCUT2D eigenvalue weighted by Gasteiger charge is -2.15. The van der Waals surface area contributed by atoms with Gasteiger partial charge in [-0.3, -0.25) is 0 Å². The number of nitrogens with one attached hydrogen (secondary N) is 1. The average Bonchev–Trinajstić information content (AvgIpc) is 2.52. The Morgan fingerprint density at radius 2 is 1.86 bits per heavy atom. The molecule has 0 amide bonds. The van der Waals surface area contributed by atoms with E-state index < -0.39 is 0 Å². The van der Waals surface area contributed by atoms with E-state index in [0.717, 1.165) is 42.3 Å². The summed E-state index contributed by atoms with van der Waals surface area (Å²) in [6.07, 6.45) is 1.18. The summed E-state index contributed by atoms with van der Waals surface area (Å²) in [7, 11) is 0. The summed E-state index contributed by atoms with van der Waals surface area (Å²) >= 11 is 0. The normalized spacial score (nSPS) is 10.5. The van der Waals surface area contributed by atoms with Crippen LogP contribution in [0.15, 0.2) is 48.5 Å². The first kappa shape index (κ1) is 16.2. The van der Waals surface area contributed by atoms with E-state index in [2.05, 4.69) is 18.3 Å². The second kappa shape index (κ2) is 8.32. The lowest BCUT2D eigenvalue weighted by Crippen LogP contribution is -2.09. The topological polar surface area (TPSA) is 30.5 Å². The lowest BCUT2D eigenvalue weighted by molar-refractivity contribution is 0.240. The molecule has 0 radical (unpaired) electrons. The lowest BCUT2D eigenvalue weighted by atomic mass is 10.2. The van der Waals surface area contributed by atoms with Crippen molar-refractivity contribution in [1.82, 2.24) is 0 Å². The Morgan fingerprint density at radius 3 is 2.64 bits per heavy atom.